The van der Waals surface area contributed by atoms with Crippen molar-refractivity contribution >= 4 is 105 Å². The number of amides is 10. The first kappa shape index (κ1) is 84.6. The van der Waals surface area contributed by atoms with Crippen LogP contribution in [0.3, 0.4) is 0 Å². The van der Waals surface area contributed by atoms with E-state index in [0.717, 1.165) is 86.9 Å². The summed E-state index contributed by atoms with van der Waals surface area (Å²) >= 11 is 3.64. The number of fused-ring (bicyclic) bond motifs is 3. The fourth-order valence-electron chi connectivity index (χ4n) is 16.1. The molecule has 6 atom stereocenters. The Balaban J connectivity index is 0.000000184. The fourth-order valence-corrected chi connectivity index (χ4v) is 20.5. The van der Waals surface area contributed by atoms with Gasteiger partial charge in [-0.05, 0) is 141 Å². The Kier molecular flexibility index (Phi) is 26.8. The molecule has 8 aliphatic heterocycles. The Morgan fingerprint density at radius 2 is 1.01 bits per heavy atom. The van der Waals surface area contributed by atoms with Crippen LogP contribution in [-0.2, 0) is 47.9 Å². The number of alkyl halides is 6. The van der Waals surface area contributed by atoms with Crippen molar-refractivity contribution in [3.63, 3.8) is 0 Å². The lowest BCUT2D eigenvalue weighted by atomic mass is 9.92. The van der Waals surface area contributed by atoms with Gasteiger partial charge in [0.05, 0.1) is 43.3 Å². The van der Waals surface area contributed by atoms with E-state index in [-0.39, 0.29) is 98.5 Å². The average molecular weight is 1650 g/mol. The molecule has 0 radical (unpaired) electrons. The summed E-state index contributed by atoms with van der Waals surface area (Å²) in [5.41, 5.74) is 4.94. The molecule has 618 valence electrons. The quantitative estimate of drug-likeness (QED) is 0.0684. The van der Waals surface area contributed by atoms with Gasteiger partial charge in [0.1, 0.15) is 28.9 Å². The number of halogens is 8. The number of piperidine rings is 3. The van der Waals surface area contributed by atoms with Crippen molar-refractivity contribution in [1.29, 1.82) is 0 Å². The van der Waals surface area contributed by atoms with Crippen molar-refractivity contribution in [3.8, 4) is 0 Å². The second-order valence-corrected chi connectivity index (χ2v) is 35.8. The molecule has 21 nitrogen and oxygen atoms in total. The molecule has 9 heterocycles. The normalized spacial score (nSPS) is 22.2. The first-order valence-electron chi connectivity index (χ1n) is 39.1. The Bertz CT molecular complexity index is 4530. The topological polar surface area (TPSA) is 224 Å². The number of aromatic amines is 1. The maximum Gasteiger partial charge on any atom is 0.416 e. The number of hydrogen-bond acceptors (Lipinski definition) is 12. The van der Waals surface area contributed by atoms with Crippen molar-refractivity contribution in [2.24, 2.45) is 11.3 Å². The summed E-state index contributed by atoms with van der Waals surface area (Å²) in [7, 11) is 0. The van der Waals surface area contributed by atoms with Gasteiger partial charge in [-0.25, -0.2) is 23.2 Å². The third kappa shape index (κ3) is 20.2. The second kappa shape index (κ2) is 36.2. The number of benzene rings is 5. The zero-order valence-electron chi connectivity index (χ0n) is 64.7. The van der Waals surface area contributed by atoms with Crippen LogP contribution in [0.2, 0.25) is 0 Å². The number of urea groups is 2. The van der Waals surface area contributed by atoms with Gasteiger partial charge >= 0.3 is 30.1 Å². The fraction of sp³-hybridized carbons (Fsp3) is 0.524. The van der Waals surface area contributed by atoms with E-state index in [1.807, 2.05) is 82.6 Å². The van der Waals surface area contributed by atoms with Crippen molar-refractivity contribution in [2.75, 3.05) is 76.1 Å². The van der Waals surface area contributed by atoms with Crippen LogP contribution in [0.4, 0.5) is 56.1 Å². The van der Waals surface area contributed by atoms with Crippen molar-refractivity contribution in [3.05, 3.63) is 165 Å². The van der Waals surface area contributed by atoms with Crippen molar-refractivity contribution in [2.45, 2.75) is 194 Å². The molecule has 0 saturated carbocycles. The average Bonchev–Trinajstić information content (AvgIpc) is 1.38. The lowest BCUT2D eigenvalue weighted by molar-refractivity contribution is -0.161. The molecule has 5 aromatic carbocycles. The molecule has 0 bridgehead atoms. The van der Waals surface area contributed by atoms with Crippen LogP contribution >= 0.6 is 35.3 Å². The predicted molar refractivity (Wildman–Crippen MR) is 428 cm³/mol. The molecule has 114 heavy (non-hydrogen) atoms. The van der Waals surface area contributed by atoms with Gasteiger partial charge in [-0.1, -0.05) is 108 Å². The number of likely N-dealkylation sites (tertiary alicyclic amines) is 3. The van der Waals surface area contributed by atoms with Gasteiger partial charge in [0, 0.05) is 117 Å². The minimum Gasteiger partial charge on any atom is -0.342 e. The van der Waals surface area contributed by atoms with E-state index in [0.29, 0.717) is 128 Å². The number of H-pyrrole nitrogens is 1. The smallest absolute Gasteiger partial charge is 0.342 e. The zero-order valence-corrected chi connectivity index (χ0v) is 67.1. The number of carbonyl (C=O) groups excluding carboxylic acids is 8. The molecule has 6 fully saturated rings. The highest BCUT2D eigenvalue weighted by Crippen LogP contribution is 2.49. The lowest BCUT2D eigenvalue weighted by Gasteiger charge is -2.40. The molecular weight excluding hydrogens is 1550 g/mol. The maximum atomic E-state index is 14.8. The molecular formula is C82H102F8N12O9S3. The van der Waals surface area contributed by atoms with Gasteiger partial charge in [0.15, 0.2) is 0 Å². The van der Waals surface area contributed by atoms with Crippen LogP contribution in [0.5, 0.6) is 0 Å². The van der Waals surface area contributed by atoms with E-state index >= 15 is 0 Å². The van der Waals surface area contributed by atoms with Gasteiger partial charge in [0.25, 0.3) is 0 Å². The molecule has 6 unspecified atom stereocenters. The van der Waals surface area contributed by atoms with Crippen LogP contribution in [0.1, 0.15) is 166 Å². The largest absolute Gasteiger partial charge is 0.416 e. The van der Waals surface area contributed by atoms with Gasteiger partial charge < -0.3 is 54.8 Å². The first-order valence-corrected chi connectivity index (χ1v) is 41.9. The molecule has 1 aromatic heterocycles. The molecule has 10 amide bonds. The van der Waals surface area contributed by atoms with E-state index in [9.17, 15) is 78.3 Å². The van der Waals surface area contributed by atoms with Crippen LogP contribution in [0, 0.1) is 23.0 Å². The molecule has 0 spiro atoms. The molecule has 0 aliphatic carbocycles. The third-order valence-corrected chi connectivity index (χ3v) is 26.9. The molecule has 8 aliphatic rings. The monoisotopic (exact) mass is 1650 g/mol. The van der Waals surface area contributed by atoms with Crippen molar-refractivity contribution < 1.29 is 76.3 Å². The van der Waals surface area contributed by atoms with Crippen molar-refractivity contribution in [1.82, 2.24) is 48.8 Å². The minimum atomic E-state index is -4.47. The number of para-hydroxylation sites is 4. The summed E-state index contributed by atoms with van der Waals surface area (Å²) in [5.74, 6) is -2.54. The molecule has 6 aromatic rings. The third-order valence-electron chi connectivity index (χ3n) is 22.4. The van der Waals surface area contributed by atoms with E-state index in [4.69, 9.17) is 0 Å². The highest BCUT2D eigenvalue weighted by molar-refractivity contribution is 8.02. The number of anilines is 2. The van der Waals surface area contributed by atoms with Crippen LogP contribution < -0.4 is 16.3 Å². The van der Waals surface area contributed by atoms with Gasteiger partial charge in [-0.2, -0.15) is 26.3 Å². The number of nitrogens with zero attached hydrogens (tertiary/aromatic N) is 9. The SMILES string of the molecule is CC(C)(C)CCN1C(=O)C(CC(=O)N2CCC(N3CCc4ccccc4NC3=O)CC2)SC1c1c(F)cccc1F.CC(C)CCN1C(=O)C(CC(=O)N2CCC(N3Cc4ccccc4NC3=O)CC2)SC1c1ccc(C(F)(F)F)cc1.CCC1SC(CC(=O)N2CCC(n3c(=O)[nH]c4ccccc43)CC2)C(=O)N1CC(F)(F)F.[HH].[HH]. The van der Waals surface area contributed by atoms with E-state index in [2.05, 4.69) is 50.2 Å². The lowest BCUT2D eigenvalue weighted by Crippen LogP contribution is -2.51. The van der Waals surface area contributed by atoms with Crippen LogP contribution in [0.25, 0.3) is 11.0 Å². The molecule has 14 rings (SSSR count). The maximum absolute atomic E-state index is 14.8. The number of thioether (sulfide) groups is 3. The number of rotatable bonds is 18. The number of imidazole rings is 1. The number of nitrogens with one attached hydrogen (secondary N) is 3. The highest BCUT2D eigenvalue weighted by atomic mass is 32.2. The first-order chi connectivity index (χ1) is 54.2. The van der Waals surface area contributed by atoms with Gasteiger partial charge in [0.2, 0.25) is 35.4 Å². The van der Waals surface area contributed by atoms with Crippen LogP contribution in [0.15, 0.2) is 120 Å². The molecule has 3 N–H and O–H groups in total. The number of hydrogen-bond donors (Lipinski definition) is 3. The Hall–Kier alpha value is -8.78. The highest BCUT2D eigenvalue weighted by Gasteiger charge is 2.49. The van der Waals surface area contributed by atoms with Crippen LogP contribution in [-0.4, -0.2) is 201 Å². The van der Waals surface area contributed by atoms with E-state index in [1.165, 1.54) is 47.0 Å². The zero-order chi connectivity index (χ0) is 81.7. The van der Waals surface area contributed by atoms with E-state index in [1.54, 1.807) is 31.1 Å². The van der Waals surface area contributed by atoms with Gasteiger partial charge in [-0.3, -0.25) is 33.3 Å². The molecule has 32 heteroatoms. The van der Waals surface area contributed by atoms with E-state index < -0.39 is 73.9 Å². The summed E-state index contributed by atoms with van der Waals surface area (Å²) in [6.45, 7) is 15.5. The summed E-state index contributed by atoms with van der Waals surface area (Å²) in [4.78, 5) is 133. The van der Waals surface area contributed by atoms with Gasteiger partial charge in [-0.15, -0.1) is 35.3 Å². The summed E-state index contributed by atoms with van der Waals surface area (Å²) in [6, 6.07) is 31.4. The minimum absolute atomic E-state index is 0. The second-order valence-electron chi connectivity index (χ2n) is 31.8. The Morgan fingerprint density at radius 1 is 0.535 bits per heavy atom. The molecule has 6 saturated heterocycles. The standard InChI is InChI=1S/C31H38F2N4O3S.C30H35F3N4O3S.C21H25F3N4O3S.2H2/c1-31(2,3)14-18-37-28(39)25(41-29(37)27-22(32)8-6-9-23(27)33)19-26(38)35-15-12-21(13-16-35)36-17-11-20-7-4-5-10-24(20)34-30(36)40;1-19(2)11-16-36-27(39)25(41-28(36)20-7-9-22(10-8-20)30(31,32)33)17-26(38)35-14-12-23(13-15-35)37-18-21-5-3-4-6-24(21)34-29(37)40;1-2-18-27(12-21(22,23)24)19(30)16(32-18)11-17(29)26-9-7-13(8-10-26)28-15-6-4-3-5-14(15)25-20(28)31;;/h4-10,21,25,29H,11-19H2,1-3H3,(H,34,40);3-10,19,23,25,28H,11-18H2,1-2H3,(H,34,40);3-6,13,16,18H,2,7-12H2,1H3,(H,25,31);2*1H. The summed E-state index contributed by atoms with van der Waals surface area (Å²) in [5, 5.41) is 2.05. The predicted octanol–water partition coefficient (Wildman–Crippen LogP) is 15.6. The number of aromatic nitrogens is 2. The summed E-state index contributed by atoms with van der Waals surface area (Å²) < 4.78 is 109. The summed E-state index contributed by atoms with van der Waals surface area (Å²) in [6.07, 6.45) is -2.60. The Morgan fingerprint density at radius 3 is 1.54 bits per heavy atom. The number of carbonyl (C=O) groups is 8. The Labute approximate surface area is 673 Å².